The molecule has 3 aromatic rings. The van der Waals surface area contributed by atoms with Gasteiger partial charge in [0.05, 0.1) is 31.2 Å². The van der Waals surface area contributed by atoms with Crippen LogP contribution in [0, 0.1) is 13.8 Å². The third-order valence-electron chi connectivity index (χ3n) is 5.63. The van der Waals surface area contributed by atoms with Gasteiger partial charge in [-0.15, -0.1) is 0 Å². The van der Waals surface area contributed by atoms with Crippen molar-refractivity contribution in [3.8, 4) is 11.5 Å². The Morgan fingerprint density at radius 2 is 1.56 bits per heavy atom. The van der Waals surface area contributed by atoms with E-state index in [1.165, 1.54) is 4.90 Å². The van der Waals surface area contributed by atoms with Crippen LogP contribution in [0.4, 0.5) is 11.4 Å². The molecule has 4 rings (SSSR count). The van der Waals surface area contributed by atoms with Gasteiger partial charge in [0.2, 0.25) is 0 Å². The maximum absolute atomic E-state index is 13.6. The zero-order chi connectivity index (χ0) is 22.8. The quantitative estimate of drug-likeness (QED) is 0.576. The lowest BCUT2D eigenvalue weighted by atomic mass is 10.0. The molecular formula is C26H24N2O4. The Hall–Kier alpha value is -4.06. The van der Waals surface area contributed by atoms with E-state index >= 15 is 0 Å². The third kappa shape index (κ3) is 3.60. The van der Waals surface area contributed by atoms with Crippen molar-refractivity contribution >= 4 is 28.8 Å². The van der Waals surface area contributed by atoms with E-state index in [1.807, 2.05) is 56.3 Å². The van der Waals surface area contributed by atoms with Gasteiger partial charge in [-0.3, -0.25) is 9.59 Å². The second-order valence-corrected chi connectivity index (χ2v) is 7.47. The number of hydrogen-bond donors (Lipinski definition) is 1. The summed E-state index contributed by atoms with van der Waals surface area (Å²) in [7, 11) is 3.11. The molecule has 162 valence electrons. The number of nitrogens with zero attached hydrogens (tertiary/aromatic N) is 1. The first kappa shape index (κ1) is 21.2. The maximum Gasteiger partial charge on any atom is 0.282 e. The summed E-state index contributed by atoms with van der Waals surface area (Å²) < 4.78 is 10.8. The summed E-state index contributed by atoms with van der Waals surface area (Å²) in [6, 6.07) is 20.0. The van der Waals surface area contributed by atoms with Crippen molar-refractivity contribution in [1.29, 1.82) is 0 Å². The van der Waals surface area contributed by atoms with Crippen LogP contribution in [0.2, 0.25) is 0 Å². The number of aryl methyl sites for hydroxylation is 1. The van der Waals surface area contributed by atoms with E-state index in [-0.39, 0.29) is 11.6 Å². The lowest BCUT2D eigenvalue weighted by molar-refractivity contribution is -0.120. The van der Waals surface area contributed by atoms with E-state index in [1.54, 1.807) is 38.5 Å². The zero-order valence-electron chi connectivity index (χ0n) is 18.4. The number of benzene rings is 3. The number of methoxy groups -OCH3 is 2. The highest BCUT2D eigenvalue weighted by Crippen LogP contribution is 2.38. The number of imide groups is 1. The molecule has 2 amide bonds. The summed E-state index contributed by atoms with van der Waals surface area (Å²) in [6.07, 6.45) is 0. The van der Waals surface area contributed by atoms with Crippen LogP contribution >= 0.6 is 0 Å². The summed E-state index contributed by atoms with van der Waals surface area (Å²) in [5.74, 6) is 0.321. The summed E-state index contributed by atoms with van der Waals surface area (Å²) in [6.45, 7) is 3.86. The molecule has 1 heterocycles. The summed E-state index contributed by atoms with van der Waals surface area (Å²) in [5.41, 5.74) is 4.13. The number of nitrogens with one attached hydrogen (secondary N) is 1. The van der Waals surface area contributed by atoms with Crippen LogP contribution in [-0.4, -0.2) is 26.0 Å². The summed E-state index contributed by atoms with van der Waals surface area (Å²) >= 11 is 0. The molecule has 0 saturated carbocycles. The second-order valence-electron chi connectivity index (χ2n) is 7.47. The van der Waals surface area contributed by atoms with Crippen LogP contribution in [0.1, 0.15) is 16.7 Å². The molecule has 3 aromatic carbocycles. The number of hydrogen-bond acceptors (Lipinski definition) is 5. The first-order chi connectivity index (χ1) is 15.5. The molecule has 0 unspecified atom stereocenters. The van der Waals surface area contributed by atoms with Gasteiger partial charge >= 0.3 is 0 Å². The highest BCUT2D eigenvalue weighted by Gasteiger charge is 2.41. The van der Waals surface area contributed by atoms with Gasteiger partial charge < -0.3 is 14.8 Å². The van der Waals surface area contributed by atoms with Gasteiger partial charge in [-0.2, -0.15) is 0 Å². The summed E-state index contributed by atoms with van der Waals surface area (Å²) in [5, 5.41) is 3.16. The first-order valence-corrected chi connectivity index (χ1v) is 10.2. The summed E-state index contributed by atoms with van der Waals surface area (Å²) in [4.78, 5) is 28.5. The van der Waals surface area contributed by atoms with Crippen molar-refractivity contribution in [2.75, 3.05) is 24.4 Å². The Labute approximate surface area is 187 Å². The van der Waals surface area contributed by atoms with Gasteiger partial charge in [0.15, 0.2) is 0 Å². The third-order valence-corrected chi connectivity index (χ3v) is 5.63. The van der Waals surface area contributed by atoms with Crippen LogP contribution in [-0.2, 0) is 9.59 Å². The number of rotatable bonds is 6. The molecule has 6 heteroatoms. The molecule has 0 aromatic heterocycles. The van der Waals surface area contributed by atoms with Crippen LogP contribution in [0.5, 0.6) is 11.5 Å². The normalized spacial score (nSPS) is 13.6. The Balaban J connectivity index is 1.87. The topological polar surface area (TPSA) is 67.9 Å². The minimum absolute atomic E-state index is 0.189. The fourth-order valence-corrected chi connectivity index (χ4v) is 3.76. The van der Waals surface area contributed by atoms with Gasteiger partial charge in [-0.1, -0.05) is 42.5 Å². The molecule has 0 spiro atoms. The van der Waals surface area contributed by atoms with Crippen LogP contribution in [0.3, 0.4) is 0 Å². The van der Waals surface area contributed by atoms with E-state index in [2.05, 4.69) is 5.32 Å². The van der Waals surface area contributed by atoms with Crippen molar-refractivity contribution in [2.24, 2.45) is 0 Å². The first-order valence-electron chi connectivity index (χ1n) is 10.2. The highest BCUT2D eigenvalue weighted by molar-refractivity contribution is 6.46. The number of amides is 2. The SMILES string of the molecule is COc1ccc(OC)c(NC2=C(c3ccccc3)C(=O)N(c3cccc(C)c3C)C2=O)c1. The van der Waals surface area contributed by atoms with Crippen molar-refractivity contribution in [3.63, 3.8) is 0 Å². The minimum atomic E-state index is -0.424. The molecule has 0 atom stereocenters. The van der Waals surface area contributed by atoms with Crippen LogP contribution in [0.15, 0.2) is 72.4 Å². The van der Waals surface area contributed by atoms with Gasteiger partial charge in [-0.25, -0.2) is 4.90 Å². The Bertz CT molecular complexity index is 1230. The monoisotopic (exact) mass is 428 g/mol. The molecule has 1 aliphatic heterocycles. The lowest BCUT2D eigenvalue weighted by Gasteiger charge is -2.19. The van der Waals surface area contributed by atoms with Crippen LogP contribution in [0.25, 0.3) is 5.57 Å². The molecule has 1 N–H and O–H groups in total. The van der Waals surface area contributed by atoms with Crippen molar-refractivity contribution in [2.45, 2.75) is 13.8 Å². The van der Waals surface area contributed by atoms with E-state index in [0.717, 1.165) is 11.1 Å². The highest BCUT2D eigenvalue weighted by atomic mass is 16.5. The standard InChI is InChI=1S/C26H24N2O4/c1-16-9-8-12-21(17(16)2)28-25(29)23(18-10-6-5-7-11-18)24(26(28)30)27-20-15-19(31-3)13-14-22(20)32-4/h5-15,27H,1-4H3. The van der Waals surface area contributed by atoms with E-state index in [0.29, 0.717) is 34.0 Å². The largest absolute Gasteiger partial charge is 0.497 e. The van der Waals surface area contributed by atoms with Gasteiger partial charge in [0.1, 0.15) is 17.2 Å². The second kappa shape index (κ2) is 8.59. The van der Waals surface area contributed by atoms with Gasteiger partial charge in [-0.05, 0) is 48.7 Å². The fourth-order valence-electron chi connectivity index (χ4n) is 3.76. The predicted octanol–water partition coefficient (Wildman–Crippen LogP) is 4.72. The average molecular weight is 428 g/mol. The van der Waals surface area contributed by atoms with E-state index < -0.39 is 5.91 Å². The Morgan fingerprint density at radius 3 is 2.25 bits per heavy atom. The van der Waals surface area contributed by atoms with Gasteiger partial charge in [0.25, 0.3) is 11.8 Å². The number of anilines is 2. The average Bonchev–Trinajstić information content (AvgIpc) is 3.05. The predicted molar refractivity (Wildman–Crippen MR) is 125 cm³/mol. The zero-order valence-corrected chi connectivity index (χ0v) is 18.4. The Kier molecular flexibility index (Phi) is 5.69. The molecule has 32 heavy (non-hydrogen) atoms. The molecular weight excluding hydrogens is 404 g/mol. The minimum Gasteiger partial charge on any atom is -0.497 e. The smallest absolute Gasteiger partial charge is 0.282 e. The lowest BCUT2D eigenvalue weighted by Crippen LogP contribution is -2.33. The molecule has 0 radical (unpaired) electrons. The molecule has 6 nitrogen and oxygen atoms in total. The number of carbonyl (C=O) groups excluding carboxylic acids is 2. The fraction of sp³-hybridized carbons (Fsp3) is 0.154. The number of carbonyl (C=O) groups is 2. The van der Waals surface area contributed by atoms with Crippen molar-refractivity contribution in [3.05, 3.63) is 89.1 Å². The van der Waals surface area contributed by atoms with Gasteiger partial charge in [0, 0.05) is 6.07 Å². The van der Waals surface area contributed by atoms with Crippen molar-refractivity contribution < 1.29 is 19.1 Å². The molecule has 0 aliphatic carbocycles. The Morgan fingerprint density at radius 1 is 0.812 bits per heavy atom. The molecule has 1 aliphatic rings. The van der Waals surface area contributed by atoms with E-state index in [9.17, 15) is 9.59 Å². The van der Waals surface area contributed by atoms with Crippen molar-refractivity contribution in [1.82, 2.24) is 0 Å². The molecule has 0 fully saturated rings. The molecule has 0 saturated heterocycles. The van der Waals surface area contributed by atoms with E-state index in [4.69, 9.17) is 9.47 Å². The molecule has 0 bridgehead atoms. The maximum atomic E-state index is 13.6. The van der Waals surface area contributed by atoms with Crippen LogP contribution < -0.4 is 19.7 Å². The number of ether oxygens (including phenoxy) is 2.